The second kappa shape index (κ2) is 5.57. The number of pyridine rings is 1. The number of aryl methyl sites for hydroxylation is 1. The molecule has 3 heteroatoms. The van der Waals surface area contributed by atoms with Gasteiger partial charge in [-0.1, -0.05) is 54.6 Å². The smallest absolute Gasteiger partial charge is 0.193 e. The minimum Gasteiger partial charge on any atom is -0.269 e. The number of hydrogen-bond donors (Lipinski definition) is 0. The van der Waals surface area contributed by atoms with E-state index in [1.165, 1.54) is 5.39 Å². The molecule has 0 bridgehead atoms. The van der Waals surface area contributed by atoms with Crippen molar-refractivity contribution >= 4 is 35.4 Å². The van der Waals surface area contributed by atoms with Crippen LogP contribution in [0.25, 0.3) is 32.9 Å². The first kappa shape index (κ1) is 14.0. The lowest BCUT2D eigenvalue weighted by molar-refractivity contribution is 0.603. The van der Waals surface area contributed by atoms with Crippen LogP contribution in [0.4, 0.5) is 0 Å². The molecule has 0 N–H and O–H groups in total. The third-order valence-electron chi connectivity index (χ3n) is 4.19. The summed E-state index contributed by atoms with van der Waals surface area (Å²) in [4.78, 5) is 4.90. The molecule has 0 saturated carbocycles. The fourth-order valence-corrected chi connectivity index (χ4v) is 3.65. The first-order chi connectivity index (χ1) is 11.3. The zero-order chi connectivity index (χ0) is 15.8. The van der Waals surface area contributed by atoms with Crippen LogP contribution in [0.15, 0.2) is 66.7 Å². The van der Waals surface area contributed by atoms with Crippen molar-refractivity contribution in [2.24, 2.45) is 0 Å². The van der Waals surface area contributed by atoms with Gasteiger partial charge in [-0.25, -0.2) is 4.98 Å². The molecule has 0 radical (unpaired) electrons. The second-order valence-electron chi connectivity index (χ2n) is 5.58. The number of benzene rings is 3. The van der Waals surface area contributed by atoms with Crippen molar-refractivity contribution in [2.75, 3.05) is 0 Å². The van der Waals surface area contributed by atoms with Gasteiger partial charge in [-0.3, -0.25) is 4.57 Å². The van der Waals surface area contributed by atoms with Crippen LogP contribution in [0.5, 0.6) is 0 Å². The van der Waals surface area contributed by atoms with Gasteiger partial charge in [-0.15, -0.1) is 0 Å². The molecule has 4 aromatic rings. The highest BCUT2D eigenvalue weighted by Gasteiger charge is 2.15. The number of hydrogen-bond acceptors (Lipinski definition) is 2. The summed E-state index contributed by atoms with van der Waals surface area (Å²) in [6.45, 7) is 2.04. The number of aromatic nitrogens is 1. The van der Waals surface area contributed by atoms with Crippen molar-refractivity contribution in [3.05, 3.63) is 72.3 Å². The number of rotatable bonds is 2. The second-order valence-corrected chi connectivity index (χ2v) is 6.25. The Balaban J connectivity index is 2.21. The molecule has 0 aliphatic heterocycles. The Bertz CT molecular complexity index is 1060. The van der Waals surface area contributed by atoms with E-state index < -0.39 is 0 Å². The topological polar surface area (TPSA) is 30.0 Å². The molecule has 0 saturated heterocycles. The van der Waals surface area contributed by atoms with Gasteiger partial charge < -0.3 is 0 Å². The molecule has 0 aliphatic rings. The lowest BCUT2D eigenvalue weighted by Gasteiger charge is -2.13. The van der Waals surface area contributed by atoms with Gasteiger partial charge in [-0.05, 0) is 30.0 Å². The minimum atomic E-state index is 0.0186. The van der Waals surface area contributed by atoms with E-state index in [4.69, 9.17) is 4.98 Å². The summed E-state index contributed by atoms with van der Waals surface area (Å²) < 4.78 is 11.6. The van der Waals surface area contributed by atoms with Gasteiger partial charge in [-0.2, -0.15) is 0 Å². The lowest BCUT2D eigenvalue weighted by atomic mass is 9.97. The molecule has 0 amide bonds. The summed E-state index contributed by atoms with van der Waals surface area (Å²) in [5, 5.41) is 4.18. The van der Waals surface area contributed by atoms with Gasteiger partial charge in [0.2, 0.25) is 0 Å². The van der Waals surface area contributed by atoms with Crippen LogP contribution in [0.3, 0.4) is 0 Å². The van der Waals surface area contributed by atoms with E-state index in [9.17, 15) is 4.57 Å². The summed E-state index contributed by atoms with van der Waals surface area (Å²) in [6, 6.07) is 22.3. The molecule has 0 aliphatic carbocycles. The SMILES string of the molecule is Cc1cccc(P=O)c1-c1nc2ccccc2c2ccccc12. The maximum Gasteiger partial charge on any atom is 0.193 e. The van der Waals surface area contributed by atoms with Crippen LogP contribution in [-0.2, 0) is 4.57 Å². The van der Waals surface area contributed by atoms with Crippen molar-refractivity contribution < 1.29 is 4.57 Å². The standard InChI is InChI=1S/C20H14NOP/c1-13-7-6-12-18(23-22)19(13)20-16-10-3-2-8-14(16)15-9-4-5-11-17(15)21-20/h2-12H,1H3. The number of nitrogens with zero attached hydrogens (tertiary/aromatic N) is 1. The van der Waals surface area contributed by atoms with Crippen LogP contribution in [-0.4, -0.2) is 4.98 Å². The van der Waals surface area contributed by atoms with E-state index in [0.29, 0.717) is 0 Å². The van der Waals surface area contributed by atoms with Gasteiger partial charge in [0.05, 0.1) is 16.5 Å². The maximum atomic E-state index is 11.6. The Morgan fingerprint density at radius 3 is 2.26 bits per heavy atom. The minimum absolute atomic E-state index is 0.0186. The average Bonchev–Trinajstić information content (AvgIpc) is 2.61. The van der Waals surface area contributed by atoms with E-state index in [2.05, 4.69) is 18.2 Å². The molecule has 2 nitrogen and oxygen atoms in total. The first-order valence-electron chi connectivity index (χ1n) is 7.50. The highest BCUT2D eigenvalue weighted by molar-refractivity contribution is 7.34. The third-order valence-corrected chi connectivity index (χ3v) is 4.76. The Morgan fingerprint density at radius 2 is 1.48 bits per heavy atom. The predicted octanol–water partition coefficient (Wildman–Crippen LogP) is 5.28. The van der Waals surface area contributed by atoms with E-state index in [1.807, 2.05) is 55.5 Å². The van der Waals surface area contributed by atoms with Gasteiger partial charge in [0, 0.05) is 16.3 Å². The molecule has 3 aromatic carbocycles. The Kier molecular flexibility index (Phi) is 3.40. The lowest BCUT2D eigenvalue weighted by Crippen LogP contribution is -2.02. The van der Waals surface area contributed by atoms with Gasteiger partial charge in [0.15, 0.2) is 8.46 Å². The predicted molar refractivity (Wildman–Crippen MR) is 96.7 cm³/mol. The summed E-state index contributed by atoms with van der Waals surface area (Å²) in [7, 11) is 0.0186. The zero-order valence-corrected chi connectivity index (χ0v) is 13.5. The van der Waals surface area contributed by atoms with Gasteiger partial charge in [0.25, 0.3) is 0 Å². The molecule has 0 fully saturated rings. The van der Waals surface area contributed by atoms with E-state index in [0.717, 1.165) is 38.4 Å². The quantitative estimate of drug-likeness (QED) is 0.372. The fraction of sp³-hybridized carbons (Fsp3) is 0.0500. The normalized spacial score (nSPS) is 11.3. The molecule has 23 heavy (non-hydrogen) atoms. The summed E-state index contributed by atoms with van der Waals surface area (Å²) in [5.41, 5.74) is 3.90. The zero-order valence-electron chi connectivity index (χ0n) is 12.7. The summed E-state index contributed by atoms with van der Waals surface area (Å²) >= 11 is 0. The van der Waals surface area contributed by atoms with Gasteiger partial charge in [0.1, 0.15) is 0 Å². The monoisotopic (exact) mass is 315 g/mol. The van der Waals surface area contributed by atoms with E-state index in [1.54, 1.807) is 0 Å². The van der Waals surface area contributed by atoms with Crippen molar-refractivity contribution in [1.82, 2.24) is 4.98 Å². The maximum absolute atomic E-state index is 11.6. The van der Waals surface area contributed by atoms with Crippen LogP contribution in [0.1, 0.15) is 5.56 Å². The molecular formula is C20H14NOP. The van der Waals surface area contributed by atoms with Gasteiger partial charge >= 0.3 is 0 Å². The molecule has 1 heterocycles. The Morgan fingerprint density at radius 1 is 0.783 bits per heavy atom. The average molecular weight is 315 g/mol. The molecule has 0 unspecified atom stereocenters. The number of para-hydroxylation sites is 1. The largest absolute Gasteiger partial charge is 0.269 e. The van der Waals surface area contributed by atoms with Crippen LogP contribution < -0.4 is 5.30 Å². The molecule has 0 spiro atoms. The van der Waals surface area contributed by atoms with Crippen molar-refractivity contribution in [3.63, 3.8) is 0 Å². The Labute approximate surface area is 136 Å². The van der Waals surface area contributed by atoms with E-state index >= 15 is 0 Å². The Hall–Kier alpha value is -2.57. The first-order valence-corrected chi connectivity index (χ1v) is 8.31. The molecule has 4 rings (SSSR count). The molecular weight excluding hydrogens is 301 g/mol. The van der Waals surface area contributed by atoms with Crippen LogP contribution in [0, 0.1) is 6.92 Å². The van der Waals surface area contributed by atoms with E-state index in [-0.39, 0.29) is 8.46 Å². The van der Waals surface area contributed by atoms with Crippen molar-refractivity contribution in [1.29, 1.82) is 0 Å². The highest BCUT2D eigenvalue weighted by Crippen LogP contribution is 2.33. The molecule has 110 valence electrons. The molecule has 0 atom stereocenters. The number of fused-ring (bicyclic) bond motifs is 3. The summed E-state index contributed by atoms with van der Waals surface area (Å²) in [5.74, 6) is 0. The van der Waals surface area contributed by atoms with Crippen LogP contribution in [0.2, 0.25) is 0 Å². The third kappa shape index (κ3) is 2.23. The molecule has 1 aromatic heterocycles. The van der Waals surface area contributed by atoms with Crippen molar-refractivity contribution in [2.45, 2.75) is 6.92 Å². The fourth-order valence-electron chi connectivity index (χ4n) is 3.13. The summed E-state index contributed by atoms with van der Waals surface area (Å²) in [6.07, 6.45) is 0. The van der Waals surface area contributed by atoms with Crippen LogP contribution >= 0.6 is 8.46 Å². The van der Waals surface area contributed by atoms with Crippen molar-refractivity contribution in [3.8, 4) is 11.3 Å². The highest BCUT2D eigenvalue weighted by atomic mass is 31.1.